The molecule has 0 unspecified atom stereocenters. The van der Waals surface area contributed by atoms with Crippen molar-refractivity contribution in [3.05, 3.63) is 77.3 Å². The molecule has 1 aliphatic rings. The first-order valence-corrected chi connectivity index (χ1v) is 9.85. The van der Waals surface area contributed by atoms with Crippen LogP contribution in [0.15, 0.2) is 54.6 Å². The van der Waals surface area contributed by atoms with Gasteiger partial charge in [-0.1, -0.05) is 42.5 Å². The highest BCUT2D eigenvalue weighted by Gasteiger charge is 2.32. The Morgan fingerprint density at radius 1 is 1.23 bits per heavy atom. The molecule has 0 aliphatic carbocycles. The minimum absolute atomic E-state index is 0.0997. The molecule has 3 aromatic rings. The minimum atomic E-state index is -0.386. The highest BCUT2D eigenvalue weighted by Crippen LogP contribution is 2.27. The summed E-state index contributed by atoms with van der Waals surface area (Å²) >= 11 is 0. The van der Waals surface area contributed by atoms with Crippen LogP contribution in [-0.2, 0) is 4.79 Å². The molecule has 0 atom stereocenters. The topological polar surface area (TPSA) is 91.7 Å². The molecule has 1 aliphatic heterocycles. The van der Waals surface area contributed by atoms with Gasteiger partial charge in [0, 0.05) is 5.56 Å². The van der Waals surface area contributed by atoms with E-state index in [0.29, 0.717) is 35.9 Å². The van der Waals surface area contributed by atoms with Crippen LogP contribution in [0.5, 0.6) is 5.75 Å². The van der Waals surface area contributed by atoms with Gasteiger partial charge in [0.1, 0.15) is 17.5 Å². The van der Waals surface area contributed by atoms with Gasteiger partial charge in [-0.25, -0.2) is 4.85 Å². The first kappa shape index (κ1) is 20.2. The molecule has 8 heteroatoms. The Hall–Kier alpha value is -4.12. The van der Waals surface area contributed by atoms with Crippen LogP contribution in [0.4, 0.5) is 5.69 Å². The second-order valence-corrected chi connectivity index (χ2v) is 7.32. The van der Waals surface area contributed by atoms with Crippen LogP contribution in [0.3, 0.4) is 0 Å². The highest BCUT2D eigenvalue weighted by molar-refractivity contribution is 5.95. The van der Waals surface area contributed by atoms with Crippen molar-refractivity contribution in [1.29, 1.82) is 0 Å². The number of rotatable bonds is 6. The Morgan fingerprint density at radius 3 is 2.74 bits per heavy atom. The van der Waals surface area contributed by atoms with E-state index < -0.39 is 0 Å². The lowest BCUT2D eigenvalue weighted by molar-refractivity contribution is -0.138. The number of nitrogens with one attached hydrogen (secondary N) is 2. The first-order valence-electron chi connectivity index (χ1n) is 9.85. The van der Waals surface area contributed by atoms with E-state index in [4.69, 9.17) is 11.3 Å². The Bertz CT molecular complexity index is 1140. The zero-order chi connectivity index (χ0) is 21.8. The van der Waals surface area contributed by atoms with E-state index in [-0.39, 0.29) is 24.5 Å². The molecule has 0 bridgehead atoms. The van der Waals surface area contributed by atoms with Crippen molar-refractivity contribution in [3.8, 4) is 17.0 Å². The molecular weight excluding hydrogens is 394 g/mol. The van der Waals surface area contributed by atoms with Gasteiger partial charge in [0.2, 0.25) is 5.91 Å². The van der Waals surface area contributed by atoms with Gasteiger partial charge < -0.3 is 15.0 Å². The smallest absolute Gasteiger partial charge is 0.269 e. The fourth-order valence-corrected chi connectivity index (χ4v) is 3.24. The molecule has 2 heterocycles. The normalized spacial score (nSPS) is 13.2. The number of nitrogens with zero attached hydrogens (tertiary/aromatic N) is 3. The molecule has 0 saturated carbocycles. The number of aromatic amines is 1. The van der Waals surface area contributed by atoms with Crippen LogP contribution in [0.2, 0.25) is 0 Å². The van der Waals surface area contributed by atoms with E-state index in [9.17, 15) is 9.59 Å². The van der Waals surface area contributed by atoms with Crippen LogP contribution in [0.25, 0.3) is 16.1 Å². The predicted molar refractivity (Wildman–Crippen MR) is 115 cm³/mol. The zero-order valence-corrected chi connectivity index (χ0v) is 17.0. The zero-order valence-electron chi connectivity index (χ0n) is 17.0. The quantitative estimate of drug-likeness (QED) is 0.606. The molecule has 2 amide bonds. The number of ether oxygens (including phenoxy) is 1. The maximum absolute atomic E-state index is 12.3. The summed E-state index contributed by atoms with van der Waals surface area (Å²) in [6.07, 6.45) is -0.125. The van der Waals surface area contributed by atoms with Crippen LogP contribution in [0, 0.1) is 13.5 Å². The average Bonchev–Trinajstić information content (AvgIpc) is 3.26. The summed E-state index contributed by atoms with van der Waals surface area (Å²) in [5.74, 6) is 0.0953. The number of H-pyrrole nitrogens is 1. The number of hydrogen-bond acceptors (Lipinski definition) is 4. The molecule has 1 aromatic heterocycles. The highest BCUT2D eigenvalue weighted by atomic mass is 16.5. The number of carbonyl (C=O) groups is 2. The molecule has 2 N–H and O–H groups in total. The van der Waals surface area contributed by atoms with Crippen LogP contribution >= 0.6 is 0 Å². The second kappa shape index (κ2) is 8.71. The van der Waals surface area contributed by atoms with Gasteiger partial charge in [-0.05, 0) is 24.6 Å². The number of hydrogen-bond donors (Lipinski definition) is 2. The predicted octanol–water partition coefficient (Wildman–Crippen LogP) is 2.96. The Kier molecular flexibility index (Phi) is 5.67. The molecule has 0 radical (unpaired) electrons. The molecule has 31 heavy (non-hydrogen) atoms. The van der Waals surface area contributed by atoms with Gasteiger partial charge >= 0.3 is 0 Å². The van der Waals surface area contributed by atoms with Gasteiger partial charge in [-0.2, -0.15) is 5.10 Å². The third kappa shape index (κ3) is 4.56. The summed E-state index contributed by atoms with van der Waals surface area (Å²) in [4.78, 5) is 29.7. The summed E-state index contributed by atoms with van der Waals surface area (Å²) in [6.45, 7) is 9.81. The van der Waals surface area contributed by atoms with E-state index in [1.807, 2.05) is 43.3 Å². The number of benzene rings is 2. The number of carbonyl (C=O) groups excluding carboxylic acids is 2. The summed E-state index contributed by atoms with van der Waals surface area (Å²) in [5.41, 5.74) is 3.32. The molecule has 2 aromatic carbocycles. The van der Waals surface area contributed by atoms with E-state index in [2.05, 4.69) is 20.4 Å². The van der Waals surface area contributed by atoms with Gasteiger partial charge in [0.05, 0.1) is 31.9 Å². The number of aromatic nitrogens is 2. The van der Waals surface area contributed by atoms with Crippen molar-refractivity contribution < 1.29 is 14.3 Å². The number of likely N-dealkylation sites (tertiary alicyclic amines) is 1. The third-order valence-corrected chi connectivity index (χ3v) is 5.09. The largest absolute Gasteiger partial charge is 0.488 e. The van der Waals surface area contributed by atoms with Crippen molar-refractivity contribution in [2.75, 3.05) is 19.6 Å². The summed E-state index contributed by atoms with van der Waals surface area (Å²) in [6, 6.07) is 16.5. The van der Waals surface area contributed by atoms with Gasteiger partial charge in [0.15, 0.2) is 5.69 Å². The average molecular weight is 415 g/mol. The molecule has 8 nitrogen and oxygen atoms in total. The maximum atomic E-state index is 12.3. The third-order valence-electron chi connectivity index (χ3n) is 5.09. The standard InChI is InChI=1S/C23H21N5O3/c1-15-8-9-17(24-2)10-21(15)31-18-13-28(14-18)22(29)12-25-23(30)20-11-19(26-27-20)16-6-4-3-5-7-16/h3-11,18H,12-14H2,1H3,(H,25,30)(H,26,27). The minimum Gasteiger partial charge on any atom is -0.488 e. The van der Waals surface area contributed by atoms with Crippen molar-refractivity contribution in [1.82, 2.24) is 20.4 Å². The molecule has 156 valence electrons. The maximum Gasteiger partial charge on any atom is 0.269 e. The molecule has 1 fully saturated rings. The monoisotopic (exact) mass is 415 g/mol. The molecule has 0 spiro atoms. The van der Waals surface area contributed by atoms with E-state index >= 15 is 0 Å². The Morgan fingerprint density at radius 2 is 2.00 bits per heavy atom. The Balaban J connectivity index is 1.25. The fourth-order valence-electron chi connectivity index (χ4n) is 3.24. The van der Waals surface area contributed by atoms with E-state index in [1.54, 1.807) is 23.1 Å². The lowest BCUT2D eigenvalue weighted by Crippen LogP contribution is -2.58. The summed E-state index contributed by atoms with van der Waals surface area (Å²) in [5, 5.41) is 9.48. The first-order chi connectivity index (χ1) is 15.0. The lowest BCUT2D eigenvalue weighted by atomic mass is 10.1. The molecule has 1 saturated heterocycles. The van der Waals surface area contributed by atoms with Crippen molar-refractivity contribution in [2.24, 2.45) is 0 Å². The van der Waals surface area contributed by atoms with Crippen LogP contribution < -0.4 is 10.1 Å². The van der Waals surface area contributed by atoms with Crippen molar-refractivity contribution in [2.45, 2.75) is 13.0 Å². The number of aryl methyl sites for hydroxylation is 1. The number of amides is 2. The summed E-state index contributed by atoms with van der Waals surface area (Å²) < 4.78 is 5.91. The molecule has 4 rings (SSSR count). The lowest BCUT2D eigenvalue weighted by Gasteiger charge is -2.39. The van der Waals surface area contributed by atoms with Crippen LogP contribution in [-0.4, -0.2) is 52.6 Å². The summed E-state index contributed by atoms with van der Waals surface area (Å²) in [7, 11) is 0. The van der Waals surface area contributed by atoms with Crippen LogP contribution in [0.1, 0.15) is 16.1 Å². The Labute approximate surface area is 179 Å². The molecular formula is C23H21N5O3. The van der Waals surface area contributed by atoms with E-state index in [1.165, 1.54) is 0 Å². The van der Waals surface area contributed by atoms with Crippen molar-refractivity contribution >= 4 is 17.5 Å². The van der Waals surface area contributed by atoms with Gasteiger partial charge in [0.25, 0.3) is 5.91 Å². The fraction of sp³-hybridized carbons (Fsp3) is 0.217. The van der Waals surface area contributed by atoms with Crippen molar-refractivity contribution in [3.63, 3.8) is 0 Å². The van der Waals surface area contributed by atoms with Gasteiger partial charge in [-0.15, -0.1) is 0 Å². The second-order valence-electron chi connectivity index (χ2n) is 7.32. The van der Waals surface area contributed by atoms with Gasteiger partial charge in [-0.3, -0.25) is 14.7 Å². The SMILES string of the molecule is [C-]#[N+]c1ccc(C)c(OC2CN(C(=O)CNC(=O)c3cc(-c4ccccc4)n[nH]3)C2)c1. The van der Waals surface area contributed by atoms with E-state index in [0.717, 1.165) is 11.1 Å².